The fraction of sp³-hybridized carbons (Fsp3) is 0.318. The smallest absolute Gasteiger partial charge is 0.251 e. The number of hydrogen-bond acceptors (Lipinski definition) is 2. The van der Waals surface area contributed by atoms with Crippen molar-refractivity contribution in [3.8, 4) is 0 Å². The van der Waals surface area contributed by atoms with Crippen molar-refractivity contribution < 1.29 is 4.79 Å². The van der Waals surface area contributed by atoms with Crippen molar-refractivity contribution in [2.75, 3.05) is 20.1 Å². The molecule has 0 radical (unpaired) electrons. The van der Waals surface area contributed by atoms with E-state index in [1.807, 2.05) is 12.1 Å². The molecule has 4 heteroatoms. The van der Waals surface area contributed by atoms with E-state index < -0.39 is 0 Å². The van der Waals surface area contributed by atoms with Crippen LogP contribution < -0.4 is 5.32 Å². The number of para-hydroxylation sites is 1. The lowest BCUT2D eigenvalue weighted by Crippen LogP contribution is -2.26. The summed E-state index contributed by atoms with van der Waals surface area (Å²) in [7, 11) is 1.66. The molecule has 1 aromatic heterocycles. The molecule has 1 fully saturated rings. The van der Waals surface area contributed by atoms with E-state index in [1.165, 1.54) is 41.7 Å². The molecule has 0 saturated carbocycles. The fourth-order valence-electron chi connectivity index (χ4n) is 4.70. The van der Waals surface area contributed by atoms with E-state index in [1.54, 1.807) is 12.6 Å². The first-order chi connectivity index (χ1) is 12.7. The lowest BCUT2D eigenvalue weighted by Gasteiger charge is -2.25. The third-order valence-electron chi connectivity index (χ3n) is 5.96. The minimum atomic E-state index is -0.0373. The van der Waals surface area contributed by atoms with Gasteiger partial charge in [-0.05, 0) is 42.3 Å². The van der Waals surface area contributed by atoms with Crippen LogP contribution in [0.2, 0.25) is 0 Å². The van der Waals surface area contributed by atoms with Crippen LogP contribution in [0.4, 0.5) is 0 Å². The largest absolute Gasteiger partial charge is 0.355 e. The van der Waals surface area contributed by atoms with E-state index in [2.05, 4.69) is 51.2 Å². The molecule has 2 aliphatic heterocycles. The third kappa shape index (κ3) is 2.36. The van der Waals surface area contributed by atoms with Gasteiger partial charge in [0.05, 0.1) is 0 Å². The Balaban J connectivity index is 1.57. The SMILES string of the molecule is CNC(=O)c1ccc(Cn2c3c(c4ccccc42)C2CCN(C3)C2)cc1. The van der Waals surface area contributed by atoms with E-state index in [9.17, 15) is 4.79 Å². The van der Waals surface area contributed by atoms with Gasteiger partial charge in [0, 0.05) is 54.8 Å². The third-order valence-corrected chi connectivity index (χ3v) is 5.96. The Morgan fingerprint density at radius 3 is 2.77 bits per heavy atom. The summed E-state index contributed by atoms with van der Waals surface area (Å²) in [5, 5.41) is 4.11. The Morgan fingerprint density at radius 1 is 1.15 bits per heavy atom. The minimum Gasteiger partial charge on any atom is -0.355 e. The van der Waals surface area contributed by atoms with Gasteiger partial charge < -0.3 is 9.88 Å². The maximum atomic E-state index is 11.8. The zero-order valence-corrected chi connectivity index (χ0v) is 15.0. The van der Waals surface area contributed by atoms with E-state index in [-0.39, 0.29) is 5.91 Å². The van der Waals surface area contributed by atoms with Crippen LogP contribution in [0.3, 0.4) is 0 Å². The summed E-state index contributed by atoms with van der Waals surface area (Å²) in [4.78, 5) is 14.3. The van der Waals surface area contributed by atoms with Crippen LogP contribution in [-0.2, 0) is 13.1 Å². The Morgan fingerprint density at radius 2 is 1.96 bits per heavy atom. The predicted molar refractivity (Wildman–Crippen MR) is 104 cm³/mol. The van der Waals surface area contributed by atoms with E-state index in [0.29, 0.717) is 11.5 Å². The van der Waals surface area contributed by atoms with Gasteiger partial charge in [-0.1, -0.05) is 30.3 Å². The summed E-state index contributed by atoms with van der Waals surface area (Å²) >= 11 is 0. The number of aromatic nitrogens is 1. The van der Waals surface area contributed by atoms with Crippen LogP contribution in [0.25, 0.3) is 10.9 Å². The fourth-order valence-corrected chi connectivity index (χ4v) is 4.70. The standard InChI is InChI=1S/C22H23N3O/c1-23-22(26)16-8-6-15(7-9-16)12-25-19-5-3-2-4-18(19)21-17-10-11-24(13-17)14-20(21)25/h2-9,17H,10-14H2,1H3,(H,23,26). The molecular formula is C22H23N3O. The summed E-state index contributed by atoms with van der Waals surface area (Å²) in [6, 6.07) is 16.8. The molecule has 4 nitrogen and oxygen atoms in total. The number of carbonyl (C=O) groups is 1. The molecule has 1 N–H and O–H groups in total. The summed E-state index contributed by atoms with van der Waals surface area (Å²) in [5.41, 5.74) is 6.34. The van der Waals surface area contributed by atoms with Gasteiger partial charge in [0.2, 0.25) is 0 Å². The monoisotopic (exact) mass is 345 g/mol. The zero-order chi connectivity index (χ0) is 17.7. The van der Waals surface area contributed by atoms with Gasteiger partial charge in [-0.3, -0.25) is 9.69 Å². The van der Waals surface area contributed by atoms with E-state index in [0.717, 1.165) is 13.1 Å². The van der Waals surface area contributed by atoms with Crippen molar-refractivity contribution in [1.82, 2.24) is 14.8 Å². The second-order valence-electron chi connectivity index (χ2n) is 7.46. The molecule has 2 atom stereocenters. The van der Waals surface area contributed by atoms with Gasteiger partial charge in [-0.2, -0.15) is 0 Å². The Labute approximate surface area is 153 Å². The number of nitrogens with zero attached hydrogens (tertiary/aromatic N) is 2. The zero-order valence-electron chi connectivity index (χ0n) is 15.0. The highest BCUT2D eigenvalue weighted by Crippen LogP contribution is 2.42. The first-order valence-electron chi connectivity index (χ1n) is 9.38. The highest BCUT2D eigenvalue weighted by atomic mass is 16.1. The maximum Gasteiger partial charge on any atom is 0.251 e. The number of nitrogens with one attached hydrogen (secondary N) is 1. The molecule has 2 aliphatic rings. The van der Waals surface area contributed by atoms with Crippen LogP contribution in [-0.4, -0.2) is 35.5 Å². The van der Waals surface area contributed by atoms with Crippen molar-refractivity contribution in [3.05, 3.63) is 70.9 Å². The molecule has 0 spiro atoms. The molecule has 26 heavy (non-hydrogen) atoms. The van der Waals surface area contributed by atoms with E-state index >= 15 is 0 Å². The van der Waals surface area contributed by atoms with Crippen LogP contribution in [0.15, 0.2) is 48.5 Å². The number of fused-ring (bicyclic) bond motifs is 6. The van der Waals surface area contributed by atoms with Crippen LogP contribution in [0.5, 0.6) is 0 Å². The lowest BCUT2D eigenvalue weighted by molar-refractivity contribution is 0.0963. The quantitative estimate of drug-likeness (QED) is 0.790. The van der Waals surface area contributed by atoms with Crippen molar-refractivity contribution in [3.63, 3.8) is 0 Å². The molecule has 3 heterocycles. The van der Waals surface area contributed by atoms with Gasteiger partial charge >= 0.3 is 0 Å². The molecule has 1 saturated heterocycles. The molecule has 2 bridgehead atoms. The van der Waals surface area contributed by atoms with Gasteiger partial charge in [-0.15, -0.1) is 0 Å². The number of benzene rings is 2. The normalized spacial score (nSPS) is 21.0. The first-order valence-corrected chi connectivity index (χ1v) is 9.38. The summed E-state index contributed by atoms with van der Waals surface area (Å²) in [6.07, 6.45) is 1.28. The minimum absolute atomic E-state index is 0.0373. The number of rotatable bonds is 3. The topological polar surface area (TPSA) is 37.3 Å². The molecule has 3 aromatic rings. The average molecular weight is 345 g/mol. The molecule has 0 aliphatic carbocycles. The summed E-state index contributed by atoms with van der Waals surface area (Å²) in [5.74, 6) is 0.644. The highest BCUT2D eigenvalue weighted by Gasteiger charge is 2.35. The van der Waals surface area contributed by atoms with Crippen LogP contribution >= 0.6 is 0 Å². The van der Waals surface area contributed by atoms with Crippen molar-refractivity contribution in [2.24, 2.45) is 0 Å². The molecule has 1 amide bonds. The van der Waals surface area contributed by atoms with Crippen LogP contribution in [0, 0.1) is 0 Å². The molecular weight excluding hydrogens is 322 g/mol. The van der Waals surface area contributed by atoms with Crippen molar-refractivity contribution in [1.29, 1.82) is 0 Å². The molecule has 132 valence electrons. The lowest BCUT2D eigenvalue weighted by atomic mass is 9.93. The van der Waals surface area contributed by atoms with Crippen molar-refractivity contribution in [2.45, 2.75) is 25.4 Å². The number of amides is 1. The molecule has 2 unspecified atom stereocenters. The molecule has 5 rings (SSSR count). The predicted octanol–water partition coefficient (Wildman–Crippen LogP) is 3.35. The van der Waals surface area contributed by atoms with Gasteiger partial charge in [0.1, 0.15) is 0 Å². The Bertz CT molecular complexity index is 987. The first kappa shape index (κ1) is 15.6. The van der Waals surface area contributed by atoms with Gasteiger partial charge in [-0.25, -0.2) is 0 Å². The Kier molecular flexibility index (Phi) is 3.61. The van der Waals surface area contributed by atoms with Gasteiger partial charge in [0.15, 0.2) is 0 Å². The number of carbonyl (C=O) groups excluding carboxylic acids is 1. The highest BCUT2D eigenvalue weighted by molar-refractivity contribution is 5.94. The van der Waals surface area contributed by atoms with Gasteiger partial charge in [0.25, 0.3) is 5.91 Å². The summed E-state index contributed by atoms with van der Waals surface area (Å²) < 4.78 is 2.49. The molecule has 2 aromatic carbocycles. The maximum absolute atomic E-state index is 11.8. The summed E-state index contributed by atoms with van der Waals surface area (Å²) in [6.45, 7) is 4.33. The van der Waals surface area contributed by atoms with Crippen LogP contribution in [0.1, 0.15) is 39.5 Å². The average Bonchev–Trinajstić information content (AvgIpc) is 3.21. The second kappa shape index (κ2) is 5.99. The van der Waals surface area contributed by atoms with Crippen molar-refractivity contribution >= 4 is 16.8 Å². The Hall–Kier alpha value is -2.59. The second-order valence-corrected chi connectivity index (χ2v) is 7.46. The van der Waals surface area contributed by atoms with E-state index in [4.69, 9.17) is 0 Å². The number of hydrogen-bond donors (Lipinski definition) is 1.